The fourth-order valence-electron chi connectivity index (χ4n) is 1.65. The van der Waals surface area contributed by atoms with Crippen molar-refractivity contribution in [2.45, 2.75) is 13.8 Å². The van der Waals surface area contributed by atoms with Gasteiger partial charge in [0.15, 0.2) is 0 Å². The summed E-state index contributed by atoms with van der Waals surface area (Å²) in [6, 6.07) is 3.48. The standard InChI is InChI=1S/C13H20N2O3/c1-4-18-6-5-15(3)10-7-9(2)12(14)11(8-10)13(16)17/h7-8H,4-6,14H2,1-3H3,(H,16,17). The minimum atomic E-state index is -1.00. The normalized spacial score (nSPS) is 10.4. The van der Waals surface area contributed by atoms with E-state index in [1.165, 1.54) is 0 Å². The molecule has 0 radical (unpaired) electrons. The summed E-state index contributed by atoms with van der Waals surface area (Å²) < 4.78 is 5.27. The molecule has 0 bridgehead atoms. The monoisotopic (exact) mass is 252 g/mol. The van der Waals surface area contributed by atoms with Crippen molar-refractivity contribution in [1.82, 2.24) is 0 Å². The molecule has 0 aromatic heterocycles. The molecule has 0 aliphatic rings. The van der Waals surface area contributed by atoms with Crippen LogP contribution in [0.4, 0.5) is 11.4 Å². The minimum Gasteiger partial charge on any atom is -0.478 e. The zero-order valence-corrected chi connectivity index (χ0v) is 11.1. The van der Waals surface area contributed by atoms with Crippen molar-refractivity contribution in [3.63, 3.8) is 0 Å². The average molecular weight is 252 g/mol. The number of nitrogens with two attached hydrogens (primary N) is 1. The van der Waals surface area contributed by atoms with Crippen LogP contribution in [0.2, 0.25) is 0 Å². The molecule has 0 atom stereocenters. The lowest BCUT2D eigenvalue weighted by molar-refractivity contribution is 0.0698. The van der Waals surface area contributed by atoms with Crippen LogP contribution < -0.4 is 10.6 Å². The van der Waals surface area contributed by atoms with Gasteiger partial charge in [0.2, 0.25) is 0 Å². The molecule has 0 saturated heterocycles. The fourth-order valence-corrected chi connectivity index (χ4v) is 1.65. The maximum absolute atomic E-state index is 11.1. The van der Waals surface area contributed by atoms with Crippen molar-refractivity contribution in [2.24, 2.45) is 0 Å². The van der Waals surface area contributed by atoms with Crippen molar-refractivity contribution in [3.05, 3.63) is 23.3 Å². The van der Waals surface area contributed by atoms with E-state index in [1.807, 2.05) is 31.9 Å². The van der Waals surface area contributed by atoms with Crippen LogP contribution in [-0.4, -0.2) is 37.9 Å². The second-order valence-corrected chi connectivity index (χ2v) is 4.15. The number of likely N-dealkylation sites (N-methyl/N-ethyl adjacent to an activating group) is 1. The second kappa shape index (κ2) is 6.26. The number of aromatic carboxylic acids is 1. The van der Waals surface area contributed by atoms with Gasteiger partial charge < -0.3 is 20.5 Å². The highest BCUT2D eigenvalue weighted by Gasteiger charge is 2.13. The van der Waals surface area contributed by atoms with Crippen molar-refractivity contribution < 1.29 is 14.6 Å². The molecule has 5 heteroatoms. The Labute approximate surface area is 107 Å². The van der Waals surface area contributed by atoms with Gasteiger partial charge in [-0.15, -0.1) is 0 Å². The van der Waals surface area contributed by atoms with Gasteiger partial charge in [-0.05, 0) is 31.5 Å². The van der Waals surface area contributed by atoms with E-state index in [0.717, 1.165) is 11.3 Å². The largest absolute Gasteiger partial charge is 0.478 e. The third-order valence-corrected chi connectivity index (χ3v) is 2.82. The Kier molecular flexibility index (Phi) is 4.97. The SMILES string of the molecule is CCOCCN(C)c1cc(C)c(N)c(C(=O)O)c1. The topological polar surface area (TPSA) is 75.8 Å². The summed E-state index contributed by atoms with van der Waals surface area (Å²) in [6.45, 7) is 5.74. The van der Waals surface area contributed by atoms with E-state index in [2.05, 4.69) is 0 Å². The maximum Gasteiger partial charge on any atom is 0.337 e. The van der Waals surface area contributed by atoms with E-state index in [0.29, 0.717) is 25.4 Å². The zero-order chi connectivity index (χ0) is 13.7. The molecule has 0 unspecified atom stereocenters. The number of nitrogens with zero attached hydrogens (tertiary/aromatic N) is 1. The number of ether oxygens (including phenoxy) is 1. The Balaban J connectivity index is 2.92. The lowest BCUT2D eigenvalue weighted by Gasteiger charge is -2.21. The summed E-state index contributed by atoms with van der Waals surface area (Å²) in [5.41, 5.74) is 7.82. The van der Waals surface area contributed by atoms with Crippen LogP contribution in [0.1, 0.15) is 22.8 Å². The number of carbonyl (C=O) groups is 1. The summed E-state index contributed by atoms with van der Waals surface area (Å²) in [4.78, 5) is 13.0. The first-order valence-electron chi connectivity index (χ1n) is 5.89. The molecule has 1 aromatic rings. The predicted octanol–water partition coefficient (Wildman–Crippen LogP) is 1.75. The third kappa shape index (κ3) is 3.37. The number of hydrogen-bond donors (Lipinski definition) is 2. The number of anilines is 2. The Bertz CT molecular complexity index is 432. The summed E-state index contributed by atoms with van der Waals surface area (Å²) in [5.74, 6) is -1.00. The van der Waals surface area contributed by atoms with E-state index in [-0.39, 0.29) is 5.56 Å². The fraction of sp³-hybridized carbons (Fsp3) is 0.462. The van der Waals surface area contributed by atoms with Gasteiger partial charge in [0, 0.05) is 31.6 Å². The highest BCUT2D eigenvalue weighted by Crippen LogP contribution is 2.24. The van der Waals surface area contributed by atoms with Crippen LogP contribution in [0.15, 0.2) is 12.1 Å². The first-order valence-corrected chi connectivity index (χ1v) is 5.89. The maximum atomic E-state index is 11.1. The molecule has 0 aliphatic heterocycles. The number of carboxylic acid groups (broad SMARTS) is 1. The van der Waals surface area contributed by atoms with Crippen LogP contribution in [-0.2, 0) is 4.74 Å². The van der Waals surface area contributed by atoms with Crippen LogP contribution in [0.5, 0.6) is 0 Å². The summed E-state index contributed by atoms with van der Waals surface area (Å²) >= 11 is 0. The van der Waals surface area contributed by atoms with Gasteiger partial charge in [-0.1, -0.05) is 0 Å². The number of benzene rings is 1. The Morgan fingerprint density at radius 2 is 2.17 bits per heavy atom. The van der Waals surface area contributed by atoms with Gasteiger partial charge in [0.25, 0.3) is 0 Å². The zero-order valence-electron chi connectivity index (χ0n) is 11.1. The molecule has 100 valence electrons. The van der Waals surface area contributed by atoms with E-state index < -0.39 is 5.97 Å². The molecule has 3 N–H and O–H groups in total. The molecule has 1 aromatic carbocycles. The summed E-state index contributed by atoms with van der Waals surface area (Å²) in [7, 11) is 1.90. The number of nitrogen functional groups attached to an aromatic ring is 1. The van der Waals surface area contributed by atoms with Crippen LogP contribution in [0.25, 0.3) is 0 Å². The Morgan fingerprint density at radius 1 is 1.50 bits per heavy atom. The van der Waals surface area contributed by atoms with Gasteiger partial charge in [-0.25, -0.2) is 4.79 Å². The number of hydrogen-bond acceptors (Lipinski definition) is 4. The highest BCUT2D eigenvalue weighted by molar-refractivity contribution is 5.95. The first-order chi connectivity index (χ1) is 8.47. The molecule has 18 heavy (non-hydrogen) atoms. The van der Waals surface area contributed by atoms with Crippen molar-refractivity contribution >= 4 is 17.3 Å². The minimum absolute atomic E-state index is 0.147. The number of carboxylic acids is 1. The second-order valence-electron chi connectivity index (χ2n) is 4.15. The summed E-state index contributed by atoms with van der Waals surface area (Å²) in [6.07, 6.45) is 0. The van der Waals surface area contributed by atoms with Gasteiger partial charge in [0.05, 0.1) is 12.2 Å². The number of rotatable bonds is 6. The van der Waals surface area contributed by atoms with Crippen LogP contribution in [0.3, 0.4) is 0 Å². The van der Waals surface area contributed by atoms with E-state index >= 15 is 0 Å². The molecule has 0 heterocycles. The van der Waals surface area contributed by atoms with Gasteiger partial charge in [-0.2, -0.15) is 0 Å². The highest BCUT2D eigenvalue weighted by atomic mass is 16.5. The Morgan fingerprint density at radius 3 is 2.72 bits per heavy atom. The molecule has 1 rings (SSSR count). The quantitative estimate of drug-likeness (QED) is 0.596. The van der Waals surface area contributed by atoms with E-state index in [1.54, 1.807) is 6.07 Å². The molecular formula is C13H20N2O3. The molecule has 0 amide bonds. The molecular weight excluding hydrogens is 232 g/mol. The molecule has 5 nitrogen and oxygen atoms in total. The Hall–Kier alpha value is -1.75. The number of aryl methyl sites for hydroxylation is 1. The third-order valence-electron chi connectivity index (χ3n) is 2.82. The van der Waals surface area contributed by atoms with Crippen molar-refractivity contribution in [3.8, 4) is 0 Å². The van der Waals surface area contributed by atoms with Crippen molar-refractivity contribution in [2.75, 3.05) is 37.4 Å². The van der Waals surface area contributed by atoms with E-state index in [4.69, 9.17) is 15.6 Å². The summed E-state index contributed by atoms with van der Waals surface area (Å²) in [5, 5.41) is 9.09. The average Bonchev–Trinajstić information content (AvgIpc) is 2.32. The van der Waals surface area contributed by atoms with Gasteiger partial charge in [0.1, 0.15) is 0 Å². The van der Waals surface area contributed by atoms with Gasteiger partial charge >= 0.3 is 5.97 Å². The molecule has 0 fully saturated rings. The lowest BCUT2D eigenvalue weighted by atomic mass is 10.1. The van der Waals surface area contributed by atoms with Crippen LogP contribution in [0, 0.1) is 6.92 Å². The smallest absolute Gasteiger partial charge is 0.337 e. The van der Waals surface area contributed by atoms with E-state index in [9.17, 15) is 4.79 Å². The first kappa shape index (κ1) is 14.3. The van der Waals surface area contributed by atoms with Gasteiger partial charge in [-0.3, -0.25) is 0 Å². The predicted molar refractivity (Wildman–Crippen MR) is 72.3 cm³/mol. The van der Waals surface area contributed by atoms with Crippen LogP contribution >= 0.6 is 0 Å². The lowest BCUT2D eigenvalue weighted by Crippen LogP contribution is -2.23. The molecule has 0 aliphatic carbocycles. The van der Waals surface area contributed by atoms with Crippen molar-refractivity contribution in [1.29, 1.82) is 0 Å². The molecule has 0 saturated carbocycles. The molecule has 0 spiro atoms.